The largest absolute Gasteiger partial charge is 0.348 e. The van der Waals surface area contributed by atoms with Gasteiger partial charge in [0.2, 0.25) is 5.91 Å². The van der Waals surface area contributed by atoms with Crippen LogP contribution in [0.25, 0.3) is 6.08 Å². The summed E-state index contributed by atoms with van der Waals surface area (Å²) >= 11 is 0. The number of halogens is 1. The molecule has 0 aliphatic heterocycles. The van der Waals surface area contributed by atoms with E-state index in [2.05, 4.69) is 5.32 Å². The molecule has 3 heteroatoms. The van der Waals surface area contributed by atoms with Crippen LogP contribution in [0.1, 0.15) is 32.8 Å². The predicted octanol–water partition coefficient (Wildman–Crippen LogP) is 3.14. The van der Waals surface area contributed by atoms with Crippen molar-refractivity contribution in [1.82, 2.24) is 5.32 Å². The molecule has 0 radical (unpaired) electrons. The minimum atomic E-state index is -0.304. The van der Waals surface area contributed by atoms with Crippen LogP contribution in [0, 0.1) is 5.82 Å². The first-order valence-electron chi connectivity index (χ1n) is 5.69. The van der Waals surface area contributed by atoms with Crippen LogP contribution in [-0.2, 0) is 4.79 Å². The smallest absolute Gasteiger partial charge is 0.244 e. The number of hydrogen-bond acceptors (Lipinski definition) is 1. The summed E-state index contributed by atoms with van der Waals surface area (Å²) in [5.74, 6) is -0.470. The van der Waals surface area contributed by atoms with Crippen molar-refractivity contribution < 1.29 is 9.18 Å². The second-order valence-corrected chi connectivity index (χ2v) is 4.62. The number of rotatable bonds is 4. The van der Waals surface area contributed by atoms with Crippen LogP contribution < -0.4 is 5.32 Å². The van der Waals surface area contributed by atoms with Crippen LogP contribution in [0.5, 0.6) is 0 Å². The molecule has 0 fully saturated rings. The number of hydrogen-bond donors (Lipinski definition) is 1. The van der Waals surface area contributed by atoms with E-state index in [9.17, 15) is 9.18 Å². The number of carbonyl (C=O) groups is 1. The van der Waals surface area contributed by atoms with Crippen LogP contribution in [0.3, 0.4) is 0 Å². The molecule has 0 saturated heterocycles. The summed E-state index contributed by atoms with van der Waals surface area (Å²) in [6.07, 6.45) is 3.88. The fourth-order valence-corrected chi connectivity index (χ4v) is 1.25. The van der Waals surface area contributed by atoms with Gasteiger partial charge in [-0.15, -0.1) is 0 Å². The first-order chi connectivity index (χ1) is 7.93. The number of benzene rings is 1. The van der Waals surface area contributed by atoms with Gasteiger partial charge in [-0.05, 0) is 44.0 Å². The van der Waals surface area contributed by atoms with Crippen LogP contribution in [0.15, 0.2) is 30.3 Å². The highest BCUT2D eigenvalue weighted by atomic mass is 19.1. The highest BCUT2D eigenvalue weighted by molar-refractivity contribution is 5.92. The van der Waals surface area contributed by atoms with Crippen LogP contribution in [0.2, 0.25) is 0 Å². The van der Waals surface area contributed by atoms with Gasteiger partial charge >= 0.3 is 0 Å². The van der Waals surface area contributed by atoms with E-state index < -0.39 is 0 Å². The van der Waals surface area contributed by atoms with Crippen molar-refractivity contribution in [3.8, 4) is 0 Å². The molecule has 2 nitrogen and oxygen atoms in total. The lowest BCUT2D eigenvalue weighted by molar-refractivity contribution is -0.117. The zero-order chi connectivity index (χ0) is 12.9. The Morgan fingerprint density at radius 3 is 2.76 bits per heavy atom. The lowest BCUT2D eigenvalue weighted by Gasteiger charge is -2.23. The van der Waals surface area contributed by atoms with E-state index in [0.717, 1.165) is 6.42 Å². The third-order valence-electron chi connectivity index (χ3n) is 2.62. The average molecular weight is 235 g/mol. The van der Waals surface area contributed by atoms with E-state index in [1.807, 2.05) is 20.8 Å². The van der Waals surface area contributed by atoms with Gasteiger partial charge in [-0.25, -0.2) is 4.39 Å². The molecule has 92 valence electrons. The van der Waals surface area contributed by atoms with Gasteiger partial charge in [0.25, 0.3) is 0 Å². The Morgan fingerprint density at radius 2 is 2.18 bits per heavy atom. The zero-order valence-corrected chi connectivity index (χ0v) is 10.5. The van der Waals surface area contributed by atoms with Gasteiger partial charge in [0, 0.05) is 11.6 Å². The Kier molecular flexibility index (Phi) is 4.44. The molecule has 0 bridgehead atoms. The van der Waals surface area contributed by atoms with Crippen molar-refractivity contribution in [3.05, 3.63) is 41.7 Å². The van der Waals surface area contributed by atoms with Crippen molar-refractivity contribution in [2.24, 2.45) is 0 Å². The van der Waals surface area contributed by atoms with Gasteiger partial charge in [0.1, 0.15) is 5.82 Å². The molecule has 1 N–H and O–H groups in total. The Bertz CT molecular complexity index is 424. The summed E-state index contributed by atoms with van der Waals surface area (Å²) in [4.78, 5) is 11.6. The highest BCUT2D eigenvalue weighted by Crippen LogP contribution is 2.08. The van der Waals surface area contributed by atoms with Crippen LogP contribution in [-0.4, -0.2) is 11.4 Å². The SMILES string of the molecule is CCC(C)(C)NC(=O)C=Cc1cccc(F)c1. The minimum absolute atomic E-state index is 0.166. The summed E-state index contributed by atoms with van der Waals surface area (Å²) in [5.41, 5.74) is 0.457. The molecule has 0 spiro atoms. The third kappa shape index (κ3) is 4.81. The second kappa shape index (κ2) is 5.62. The first-order valence-corrected chi connectivity index (χ1v) is 5.69. The van der Waals surface area contributed by atoms with E-state index in [1.54, 1.807) is 18.2 Å². The van der Waals surface area contributed by atoms with E-state index in [1.165, 1.54) is 18.2 Å². The van der Waals surface area contributed by atoms with Gasteiger partial charge in [0.15, 0.2) is 0 Å². The van der Waals surface area contributed by atoms with E-state index in [0.29, 0.717) is 5.56 Å². The molecule has 1 aromatic rings. The van der Waals surface area contributed by atoms with Crippen LogP contribution in [0.4, 0.5) is 4.39 Å². The summed E-state index contributed by atoms with van der Waals surface area (Å²) in [6.45, 7) is 5.93. The normalized spacial score (nSPS) is 11.8. The van der Waals surface area contributed by atoms with Crippen molar-refractivity contribution in [1.29, 1.82) is 0 Å². The third-order valence-corrected chi connectivity index (χ3v) is 2.62. The minimum Gasteiger partial charge on any atom is -0.348 e. The second-order valence-electron chi connectivity index (χ2n) is 4.62. The van der Waals surface area contributed by atoms with Gasteiger partial charge in [-0.2, -0.15) is 0 Å². The Balaban J connectivity index is 2.63. The molecule has 1 aromatic carbocycles. The topological polar surface area (TPSA) is 29.1 Å². The standard InChI is InChI=1S/C14H18FNO/c1-4-14(2,3)16-13(17)9-8-11-6-5-7-12(15)10-11/h5-10H,4H2,1-3H3,(H,16,17). The molecular formula is C14H18FNO. The molecule has 1 rings (SSSR count). The molecule has 1 amide bonds. The number of nitrogens with one attached hydrogen (secondary N) is 1. The molecule has 0 aromatic heterocycles. The molecule has 0 aliphatic rings. The van der Waals surface area contributed by atoms with E-state index in [4.69, 9.17) is 0 Å². The molecule has 0 heterocycles. The first kappa shape index (κ1) is 13.4. The van der Waals surface area contributed by atoms with Crippen molar-refractivity contribution in [3.63, 3.8) is 0 Å². The van der Waals surface area contributed by atoms with Crippen molar-refractivity contribution >= 4 is 12.0 Å². The van der Waals surface area contributed by atoms with Crippen molar-refractivity contribution in [2.45, 2.75) is 32.7 Å². The van der Waals surface area contributed by atoms with Gasteiger partial charge in [-0.3, -0.25) is 4.79 Å². The maximum Gasteiger partial charge on any atom is 0.244 e. The fourth-order valence-electron chi connectivity index (χ4n) is 1.25. The maximum atomic E-state index is 12.9. The Labute approximate surface area is 102 Å². The summed E-state index contributed by atoms with van der Waals surface area (Å²) in [6, 6.07) is 6.12. The Morgan fingerprint density at radius 1 is 1.47 bits per heavy atom. The van der Waals surface area contributed by atoms with Crippen molar-refractivity contribution in [2.75, 3.05) is 0 Å². The molecule has 0 atom stereocenters. The van der Waals surface area contributed by atoms with Gasteiger partial charge in [0.05, 0.1) is 0 Å². The Hall–Kier alpha value is -1.64. The molecule has 0 unspecified atom stereocenters. The van der Waals surface area contributed by atoms with Gasteiger partial charge < -0.3 is 5.32 Å². The molecule has 17 heavy (non-hydrogen) atoms. The molecule has 0 aliphatic carbocycles. The highest BCUT2D eigenvalue weighted by Gasteiger charge is 2.15. The predicted molar refractivity (Wildman–Crippen MR) is 67.9 cm³/mol. The summed E-state index contributed by atoms with van der Waals surface area (Å²) in [7, 11) is 0. The van der Waals surface area contributed by atoms with Crippen LogP contribution >= 0.6 is 0 Å². The lowest BCUT2D eigenvalue weighted by Crippen LogP contribution is -2.41. The summed E-state index contributed by atoms with van der Waals surface area (Å²) in [5, 5.41) is 2.87. The average Bonchev–Trinajstić information content (AvgIpc) is 2.26. The van der Waals surface area contributed by atoms with E-state index >= 15 is 0 Å². The lowest BCUT2D eigenvalue weighted by atomic mass is 10.0. The fraction of sp³-hybridized carbons (Fsp3) is 0.357. The zero-order valence-electron chi connectivity index (χ0n) is 10.5. The quantitative estimate of drug-likeness (QED) is 0.798. The van der Waals surface area contributed by atoms with E-state index in [-0.39, 0.29) is 17.3 Å². The number of amides is 1. The molecular weight excluding hydrogens is 217 g/mol. The monoisotopic (exact) mass is 235 g/mol. The molecule has 0 saturated carbocycles. The maximum absolute atomic E-state index is 12.9. The van der Waals surface area contributed by atoms with Gasteiger partial charge in [-0.1, -0.05) is 19.1 Å². The number of carbonyl (C=O) groups excluding carboxylic acids is 1. The summed E-state index contributed by atoms with van der Waals surface area (Å²) < 4.78 is 12.9.